The van der Waals surface area contributed by atoms with Crippen molar-refractivity contribution in [3.05, 3.63) is 22.7 Å². The Morgan fingerprint density at radius 1 is 1.79 bits per heavy atom. The zero-order valence-electron chi connectivity index (χ0n) is 7.09. The molecule has 0 aromatic carbocycles. The van der Waals surface area contributed by atoms with Gasteiger partial charge in [0.15, 0.2) is 3.44 Å². The predicted molar refractivity (Wildman–Crippen MR) is 63.3 cm³/mol. The van der Waals surface area contributed by atoms with Crippen molar-refractivity contribution in [1.82, 2.24) is 9.55 Å². The van der Waals surface area contributed by atoms with Crippen molar-refractivity contribution in [2.24, 2.45) is 0 Å². The normalized spacial score (nSPS) is 26.6. The van der Waals surface area contributed by atoms with E-state index in [2.05, 4.69) is 27.6 Å². The van der Waals surface area contributed by atoms with Crippen molar-refractivity contribution in [2.75, 3.05) is 11.5 Å². The molecule has 7 heteroatoms. The summed E-state index contributed by atoms with van der Waals surface area (Å²) < 4.78 is 7.06. The molecule has 2 heterocycles. The lowest BCUT2D eigenvalue weighted by Gasteiger charge is -2.11. The van der Waals surface area contributed by atoms with Crippen LogP contribution < -0.4 is 11.4 Å². The van der Waals surface area contributed by atoms with Crippen molar-refractivity contribution < 1.29 is 4.74 Å². The highest BCUT2D eigenvalue weighted by Gasteiger charge is 2.25. The van der Waals surface area contributed by atoms with Crippen LogP contribution in [-0.4, -0.2) is 18.7 Å². The molecule has 1 aliphatic heterocycles. The van der Waals surface area contributed by atoms with Gasteiger partial charge in [0.2, 0.25) is 0 Å². The molecular formula is C7H8IN3O2S. The SMILES string of the molecule is Nc1ccn([C@@H]2CS[C@H](I)O2)c(=O)n1. The Morgan fingerprint density at radius 2 is 2.57 bits per heavy atom. The van der Waals surface area contributed by atoms with Gasteiger partial charge in [-0.05, 0) is 28.7 Å². The van der Waals surface area contributed by atoms with E-state index in [1.54, 1.807) is 24.0 Å². The molecule has 76 valence electrons. The minimum Gasteiger partial charge on any atom is -0.383 e. The molecule has 0 unspecified atom stereocenters. The van der Waals surface area contributed by atoms with Gasteiger partial charge >= 0.3 is 5.69 Å². The number of hydrogen-bond donors (Lipinski definition) is 1. The quantitative estimate of drug-likeness (QED) is 0.611. The van der Waals surface area contributed by atoms with Crippen LogP contribution in [0.5, 0.6) is 0 Å². The van der Waals surface area contributed by atoms with Crippen molar-refractivity contribution >= 4 is 40.2 Å². The summed E-state index contributed by atoms with van der Waals surface area (Å²) in [7, 11) is 0. The Kier molecular flexibility index (Phi) is 2.98. The van der Waals surface area contributed by atoms with Gasteiger partial charge in [0.1, 0.15) is 12.0 Å². The topological polar surface area (TPSA) is 70.1 Å². The second-order valence-corrected chi connectivity index (χ2v) is 5.81. The maximum Gasteiger partial charge on any atom is 0.351 e. The van der Waals surface area contributed by atoms with Gasteiger partial charge in [0.25, 0.3) is 0 Å². The molecule has 0 spiro atoms. The Morgan fingerprint density at radius 3 is 3.14 bits per heavy atom. The smallest absolute Gasteiger partial charge is 0.351 e. The van der Waals surface area contributed by atoms with Gasteiger partial charge in [0, 0.05) is 11.9 Å². The Labute approximate surface area is 98.2 Å². The average Bonchev–Trinajstić information content (AvgIpc) is 2.51. The molecule has 5 nitrogen and oxygen atoms in total. The summed E-state index contributed by atoms with van der Waals surface area (Å²) in [5, 5.41) is 0. The zero-order valence-corrected chi connectivity index (χ0v) is 10.1. The maximum atomic E-state index is 11.4. The first-order valence-corrected chi connectivity index (χ1v) is 6.22. The first-order valence-electron chi connectivity index (χ1n) is 3.92. The Balaban J connectivity index is 2.29. The molecule has 2 rings (SSSR count). The number of nitrogens with two attached hydrogens (primary N) is 1. The Bertz CT molecular complexity index is 397. The van der Waals surface area contributed by atoms with E-state index in [1.165, 1.54) is 4.57 Å². The van der Waals surface area contributed by atoms with E-state index >= 15 is 0 Å². The molecule has 1 fully saturated rings. The minimum absolute atomic E-state index is 0.0991. The lowest BCUT2D eigenvalue weighted by atomic mass is 10.5. The molecule has 0 radical (unpaired) electrons. The zero-order chi connectivity index (χ0) is 10.1. The third-order valence-electron chi connectivity index (χ3n) is 1.80. The fraction of sp³-hybridized carbons (Fsp3) is 0.429. The van der Waals surface area contributed by atoms with Gasteiger partial charge in [-0.2, -0.15) is 4.98 Å². The van der Waals surface area contributed by atoms with E-state index in [9.17, 15) is 4.79 Å². The summed E-state index contributed by atoms with van der Waals surface area (Å²) >= 11 is 3.83. The number of nitrogens with zero attached hydrogens (tertiary/aromatic N) is 2. The maximum absolute atomic E-state index is 11.4. The standard InChI is InChI=1S/C7H8IN3O2S/c8-6-13-5(3-14-6)11-2-1-4(9)10-7(11)12/h1-2,5-6H,3H2,(H2,9,10,12)/t5-,6+/m0/s1. The predicted octanol–water partition coefficient (Wildman–Crippen LogP) is 0.806. The fourth-order valence-electron chi connectivity index (χ4n) is 1.15. The molecule has 1 aromatic heterocycles. The van der Waals surface area contributed by atoms with Crippen LogP contribution >= 0.6 is 34.4 Å². The van der Waals surface area contributed by atoms with Crippen molar-refractivity contribution in [1.29, 1.82) is 0 Å². The van der Waals surface area contributed by atoms with E-state index in [0.717, 1.165) is 5.75 Å². The summed E-state index contributed by atoms with van der Waals surface area (Å²) in [6, 6.07) is 1.59. The van der Waals surface area contributed by atoms with Crippen LogP contribution in [0.25, 0.3) is 0 Å². The molecule has 2 atom stereocenters. The van der Waals surface area contributed by atoms with Crippen LogP contribution in [0.3, 0.4) is 0 Å². The van der Waals surface area contributed by atoms with E-state index in [1.807, 2.05) is 0 Å². The number of hydrogen-bond acceptors (Lipinski definition) is 5. The second-order valence-electron chi connectivity index (χ2n) is 2.74. The van der Waals surface area contributed by atoms with Crippen LogP contribution in [0.15, 0.2) is 17.1 Å². The molecule has 1 saturated heterocycles. The van der Waals surface area contributed by atoms with Crippen molar-refractivity contribution in [3.63, 3.8) is 0 Å². The minimum atomic E-state index is -0.360. The van der Waals surface area contributed by atoms with Gasteiger partial charge in [-0.3, -0.25) is 4.57 Å². The fourth-order valence-corrected chi connectivity index (χ4v) is 2.87. The molecule has 1 aromatic rings. The van der Waals surface area contributed by atoms with Gasteiger partial charge < -0.3 is 10.5 Å². The number of nitrogen functional groups attached to an aromatic ring is 1. The number of alkyl halides is 1. The number of thioether (sulfide) groups is 1. The molecule has 2 N–H and O–H groups in total. The van der Waals surface area contributed by atoms with Crippen molar-refractivity contribution in [3.8, 4) is 0 Å². The number of anilines is 1. The highest BCUT2D eigenvalue weighted by atomic mass is 127. The monoisotopic (exact) mass is 325 g/mol. The lowest BCUT2D eigenvalue weighted by Crippen LogP contribution is -2.28. The van der Waals surface area contributed by atoms with Crippen LogP contribution in [0.1, 0.15) is 6.23 Å². The summed E-state index contributed by atoms with van der Waals surface area (Å²) in [6.45, 7) is 0. The first-order chi connectivity index (χ1) is 6.66. The summed E-state index contributed by atoms with van der Waals surface area (Å²) in [5.41, 5.74) is 5.02. The molecule has 1 aliphatic rings. The van der Waals surface area contributed by atoms with Gasteiger partial charge in [-0.1, -0.05) is 0 Å². The molecule has 0 aliphatic carbocycles. The first kappa shape index (κ1) is 10.2. The largest absolute Gasteiger partial charge is 0.383 e. The van der Waals surface area contributed by atoms with Gasteiger partial charge in [-0.15, -0.1) is 11.8 Å². The van der Waals surface area contributed by atoms with E-state index in [4.69, 9.17) is 10.5 Å². The molecule has 0 saturated carbocycles. The molecule has 0 bridgehead atoms. The number of rotatable bonds is 1. The highest BCUT2D eigenvalue weighted by Crippen LogP contribution is 2.34. The van der Waals surface area contributed by atoms with Crippen molar-refractivity contribution in [2.45, 2.75) is 9.67 Å². The number of ether oxygens (including phenoxy) is 1. The third kappa shape index (κ3) is 2.04. The third-order valence-corrected chi connectivity index (χ3v) is 4.02. The molecule has 14 heavy (non-hydrogen) atoms. The molecule has 0 amide bonds. The number of aromatic nitrogens is 2. The Hall–Kier alpha value is -0.280. The van der Waals surface area contributed by atoms with Crippen LogP contribution in [0, 0.1) is 0 Å². The molecular weight excluding hydrogens is 317 g/mol. The second kappa shape index (κ2) is 4.07. The van der Waals surface area contributed by atoms with E-state index in [0.29, 0.717) is 0 Å². The average molecular weight is 325 g/mol. The van der Waals surface area contributed by atoms with E-state index in [-0.39, 0.29) is 21.2 Å². The van der Waals surface area contributed by atoms with Crippen LogP contribution in [-0.2, 0) is 4.74 Å². The summed E-state index contributed by atoms with van der Waals surface area (Å²) in [6.07, 6.45) is 1.40. The van der Waals surface area contributed by atoms with E-state index < -0.39 is 0 Å². The lowest BCUT2D eigenvalue weighted by molar-refractivity contribution is 0.0562. The van der Waals surface area contributed by atoms with Gasteiger partial charge in [0.05, 0.1) is 0 Å². The summed E-state index contributed by atoms with van der Waals surface area (Å²) in [5.74, 6) is 1.00. The van der Waals surface area contributed by atoms with Crippen LogP contribution in [0.2, 0.25) is 0 Å². The number of halogens is 1. The van der Waals surface area contributed by atoms with Crippen LogP contribution in [0.4, 0.5) is 5.82 Å². The van der Waals surface area contributed by atoms with Gasteiger partial charge in [-0.25, -0.2) is 4.79 Å². The highest BCUT2D eigenvalue weighted by molar-refractivity contribution is 14.1. The summed E-state index contributed by atoms with van der Waals surface area (Å²) in [4.78, 5) is 15.1.